The molecule has 1 aliphatic heterocycles. The Balaban J connectivity index is 1.71. The molecule has 2 amide bonds. The van der Waals surface area contributed by atoms with E-state index in [1.54, 1.807) is 0 Å². The van der Waals surface area contributed by atoms with Crippen LogP contribution in [0.5, 0.6) is 0 Å². The molecule has 190 valence electrons. The minimum Gasteiger partial charge on any atom is -0.369 e. The third kappa shape index (κ3) is 6.43. The van der Waals surface area contributed by atoms with E-state index in [1.165, 1.54) is 5.69 Å². The van der Waals surface area contributed by atoms with Gasteiger partial charge in [0.1, 0.15) is 6.04 Å². The second-order valence-electron chi connectivity index (χ2n) is 9.35. The number of rotatable bonds is 10. The van der Waals surface area contributed by atoms with Crippen LogP contribution in [0.4, 0.5) is 11.4 Å². The SMILES string of the molecule is CCC(CC)C(=O)Nc1ccc(N2CCN(C(C(=O)N(CC)CC)c3ccccc3)CC2)c(C)c1. The van der Waals surface area contributed by atoms with Crippen molar-refractivity contribution >= 4 is 23.2 Å². The Morgan fingerprint density at radius 1 is 0.914 bits per heavy atom. The van der Waals surface area contributed by atoms with E-state index < -0.39 is 0 Å². The highest BCUT2D eigenvalue weighted by atomic mass is 16.2. The summed E-state index contributed by atoms with van der Waals surface area (Å²) in [5.41, 5.74) is 4.26. The lowest BCUT2D eigenvalue weighted by atomic mass is 10.0. The van der Waals surface area contributed by atoms with Crippen LogP contribution in [0.1, 0.15) is 57.7 Å². The molecule has 1 fully saturated rings. The predicted octanol–water partition coefficient (Wildman–Crippen LogP) is 5.10. The van der Waals surface area contributed by atoms with Crippen LogP contribution in [0.15, 0.2) is 48.5 Å². The number of benzene rings is 2. The summed E-state index contributed by atoms with van der Waals surface area (Å²) in [6.45, 7) is 15.1. The van der Waals surface area contributed by atoms with E-state index in [4.69, 9.17) is 0 Å². The first kappa shape index (κ1) is 26.7. The molecule has 0 radical (unpaired) electrons. The zero-order valence-electron chi connectivity index (χ0n) is 22.1. The molecule has 6 heteroatoms. The second kappa shape index (κ2) is 12.7. The van der Waals surface area contributed by atoms with Gasteiger partial charge >= 0.3 is 0 Å². The molecule has 6 nitrogen and oxygen atoms in total. The number of likely N-dealkylation sites (N-methyl/N-ethyl adjacent to an activating group) is 1. The molecule has 2 aromatic carbocycles. The fourth-order valence-electron chi connectivity index (χ4n) is 5.07. The van der Waals surface area contributed by atoms with Gasteiger partial charge in [-0.2, -0.15) is 0 Å². The van der Waals surface area contributed by atoms with Crippen molar-refractivity contribution in [3.63, 3.8) is 0 Å². The van der Waals surface area contributed by atoms with Crippen LogP contribution in [-0.4, -0.2) is 60.9 Å². The number of piperazine rings is 1. The Hall–Kier alpha value is -2.86. The van der Waals surface area contributed by atoms with E-state index in [0.29, 0.717) is 0 Å². The molecule has 1 unspecified atom stereocenters. The van der Waals surface area contributed by atoms with Crippen molar-refractivity contribution in [2.45, 2.75) is 53.5 Å². The summed E-state index contributed by atoms with van der Waals surface area (Å²) >= 11 is 0. The highest BCUT2D eigenvalue weighted by molar-refractivity contribution is 5.92. The number of hydrogen-bond acceptors (Lipinski definition) is 4. The molecule has 0 aromatic heterocycles. The summed E-state index contributed by atoms with van der Waals surface area (Å²) < 4.78 is 0. The number of carbonyl (C=O) groups is 2. The van der Waals surface area contributed by atoms with Gasteiger partial charge in [0.15, 0.2) is 0 Å². The summed E-state index contributed by atoms with van der Waals surface area (Å²) in [4.78, 5) is 32.6. The molecule has 35 heavy (non-hydrogen) atoms. The Labute approximate surface area is 211 Å². The zero-order chi connectivity index (χ0) is 25.4. The van der Waals surface area contributed by atoms with Crippen molar-refractivity contribution in [2.75, 3.05) is 49.5 Å². The van der Waals surface area contributed by atoms with Crippen LogP contribution < -0.4 is 10.2 Å². The fraction of sp³-hybridized carbons (Fsp3) is 0.517. The van der Waals surface area contributed by atoms with E-state index in [-0.39, 0.29) is 23.8 Å². The maximum absolute atomic E-state index is 13.5. The first-order chi connectivity index (χ1) is 16.9. The molecule has 0 bridgehead atoms. The number of anilines is 2. The summed E-state index contributed by atoms with van der Waals surface area (Å²) in [6.07, 6.45) is 1.70. The van der Waals surface area contributed by atoms with Gasteiger partial charge in [0.25, 0.3) is 0 Å². The minimum absolute atomic E-state index is 0.0553. The molecule has 2 aromatic rings. The molecule has 1 aliphatic rings. The summed E-state index contributed by atoms with van der Waals surface area (Å²) in [5.74, 6) is 0.337. The molecule has 1 N–H and O–H groups in total. The van der Waals surface area contributed by atoms with Gasteiger partial charge in [-0.3, -0.25) is 14.5 Å². The van der Waals surface area contributed by atoms with Gasteiger partial charge in [0.05, 0.1) is 0 Å². The van der Waals surface area contributed by atoms with Crippen molar-refractivity contribution in [3.05, 3.63) is 59.7 Å². The monoisotopic (exact) mass is 478 g/mol. The highest BCUT2D eigenvalue weighted by Crippen LogP contribution is 2.29. The molecule has 1 heterocycles. The molecule has 0 saturated carbocycles. The number of amides is 2. The average Bonchev–Trinajstić information content (AvgIpc) is 2.87. The number of nitrogens with one attached hydrogen (secondary N) is 1. The highest BCUT2D eigenvalue weighted by Gasteiger charge is 2.32. The van der Waals surface area contributed by atoms with Crippen molar-refractivity contribution in [1.82, 2.24) is 9.80 Å². The van der Waals surface area contributed by atoms with E-state index in [1.807, 2.05) is 43.0 Å². The number of hydrogen-bond donors (Lipinski definition) is 1. The van der Waals surface area contributed by atoms with Crippen molar-refractivity contribution in [3.8, 4) is 0 Å². The molecular weight excluding hydrogens is 436 g/mol. The Morgan fingerprint density at radius 2 is 1.54 bits per heavy atom. The van der Waals surface area contributed by atoms with Gasteiger partial charge in [-0.1, -0.05) is 44.2 Å². The second-order valence-corrected chi connectivity index (χ2v) is 9.35. The van der Waals surface area contributed by atoms with Crippen molar-refractivity contribution in [2.24, 2.45) is 5.92 Å². The van der Waals surface area contributed by atoms with Crippen LogP contribution in [0, 0.1) is 12.8 Å². The quantitative estimate of drug-likeness (QED) is 0.516. The maximum atomic E-state index is 13.5. The third-order valence-corrected chi connectivity index (χ3v) is 7.27. The first-order valence-corrected chi connectivity index (χ1v) is 13.2. The van der Waals surface area contributed by atoms with Gasteiger partial charge in [0, 0.05) is 56.6 Å². The first-order valence-electron chi connectivity index (χ1n) is 13.2. The Morgan fingerprint density at radius 3 is 2.09 bits per heavy atom. The smallest absolute Gasteiger partial charge is 0.244 e. The normalized spacial score (nSPS) is 15.2. The molecule has 1 saturated heterocycles. The molecular formula is C29H42N4O2. The van der Waals surface area contributed by atoms with E-state index in [2.05, 4.69) is 60.2 Å². The van der Waals surface area contributed by atoms with Crippen molar-refractivity contribution < 1.29 is 9.59 Å². The molecule has 0 spiro atoms. The summed E-state index contributed by atoms with van der Waals surface area (Å²) in [5, 5.41) is 3.08. The topological polar surface area (TPSA) is 55.9 Å². The van der Waals surface area contributed by atoms with Crippen LogP contribution in [0.2, 0.25) is 0 Å². The van der Waals surface area contributed by atoms with Crippen LogP contribution in [-0.2, 0) is 9.59 Å². The summed E-state index contributed by atoms with van der Waals surface area (Å²) in [7, 11) is 0. The molecule has 0 aliphatic carbocycles. The van der Waals surface area contributed by atoms with Crippen LogP contribution in [0.3, 0.4) is 0 Å². The number of aryl methyl sites for hydroxylation is 1. The lowest BCUT2D eigenvalue weighted by molar-refractivity contribution is -0.137. The van der Waals surface area contributed by atoms with E-state index in [0.717, 1.165) is 68.9 Å². The largest absolute Gasteiger partial charge is 0.369 e. The fourth-order valence-corrected chi connectivity index (χ4v) is 5.07. The van der Waals surface area contributed by atoms with Gasteiger partial charge in [0.2, 0.25) is 11.8 Å². The molecule has 1 atom stereocenters. The van der Waals surface area contributed by atoms with E-state index in [9.17, 15) is 9.59 Å². The zero-order valence-corrected chi connectivity index (χ0v) is 22.1. The summed E-state index contributed by atoms with van der Waals surface area (Å²) in [6, 6.07) is 16.1. The third-order valence-electron chi connectivity index (χ3n) is 7.27. The van der Waals surface area contributed by atoms with Crippen molar-refractivity contribution in [1.29, 1.82) is 0 Å². The van der Waals surface area contributed by atoms with Crippen LogP contribution >= 0.6 is 0 Å². The Bertz CT molecular complexity index is 962. The van der Waals surface area contributed by atoms with Gasteiger partial charge < -0.3 is 15.1 Å². The lowest BCUT2D eigenvalue weighted by Gasteiger charge is -2.41. The minimum atomic E-state index is -0.248. The van der Waals surface area contributed by atoms with Crippen LogP contribution in [0.25, 0.3) is 0 Å². The van der Waals surface area contributed by atoms with Gasteiger partial charge in [-0.05, 0) is 62.9 Å². The lowest BCUT2D eigenvalue weighted by Crippen LogP contribution is -2.51. The molecule has 3 rings (SSSR count). The number of nitrogens with zero attached hydrogens (tertiary/aromatic N) is 3. The predicted molar refractivity (Wildman–Crippen MR) is 145 cm³/mol. The standard InChI is InChI=1S/C29H42N4O2/c1-6-23(7-2)28(34)30-25-15-16-26(22(5)21-25)32-17-19-33(20-18-32)27(24-13-11-10-12-14-24)29(35)31(8-3)9-4/h10-16,21,23,27H,6-9,17-20H2,1-5H3,(H,30,34). The van der Waals surface area contributed by atoms with Gasteiger partial charge in [-0.25, -0.2) is 0 Å². The number of carbonyl (C=O) groups excluding carboxylic acids is 2. The van der Waals surface area contributed by atoms with Gasteiger partial charge in [-0.15, -0.1) is 0 Å². The van der Waals surface area contributed by atoms with E-state index >= 15 is 0 Å². The average molecular weight is 479 g/mol. The Kier molecular flexibility index (Phi) is 9.73. The maximum Gasteiger partial charge on any atom is 0.244 e.